The van der Waals surface area contributed by atoms with Crippen LogP contribution in [0.5, 0.6) is 0 Å². The molecule has 30 heavy (non-hydrogen) atoms. The zero-order valence-corrected chi connectivity index (χ0v) is 15.9. The van der Waals surface area contributed by atoms with Gasteiger partial charge in [-0.3, -0.25) is 9.78 Å². The van der Waals surface area contributed by atoms with Crippen LogP contribution in [0.4, 0.5) is 13.2 Å². The molecule has 3 rings (SSSR count). The maximum Gasteiger partial charge on any atom is 0.416 e. The molecule has 1 aromatic carbocycles. The summed E-state index contributed by atoms with van der Waals surface area (Å²) in [6, 6.07) is 6.02. The number of aliphatic hydroxyl groups is 1. The Morgan fingerprint density at radius 1 is 1.23 bits per heavy atom. The van der Waals surface area contributed by atoms with Gasteiger partial charge in [0.2, 0.25) is 17.7 Å². The van der Waals surface area contributed by atoms with Crippen molar-refractivity contribution in [3.63, 3.8) is 0 Å². The predicted octanol–water partition coefficient (Wildman–Crippen LogP) is 3.63. The second kappa shape index (κ2) is 9.06. The summed E-state index contributed by atoms with van der Waals surface area (Å²) in [5.74, 6) is -0.283. The van der Waals surface area contributed by atoms with E-state index in [0.29, 0.717) is 16.8 Å². The topological polar surface area (TPSA) is 101 Å². The minimum Gasteiger partial charge on any atom is -0.418 e. The van der Waals surface area contributed by atoms with E-state index in [9.17, 15) is 18.0 Å². The van der Waals surface area contributed by atoms with Gasteiger partial charge in [0.05, 0.1) is 21.8 Å². The van der Waals surface area contributed by atoms with Gasteiger partial charge in [0.1, 0.15) is 6.61 Å². The van der Waals surface area contributed by atoms with E-state index in [0.717, 1.165) is 12.1 Å². The minimum atomic E-state index is -4.41. The van der Waals surface area contributed by atoms with Crippen molar-refractivity contribution in [2.24, 2.45) is 0 Å². The first-order valence-electron chi connectivity index (χ1n) is 8.47. The highest BCUT2D eigenvalue weighted by molar-refractivity contribution is 6.32. The van der Waals surface area contributed by atoms with E-state index in [4.69, 9.17) is 21.1 Å². The lowest BCUT2D eigenvalue weighted by atomic mass is 10.1. The zero-order valence-electron chi connectivity index (χ0n) is 15.2. The van der Waals surface area contributed by atoms with Crippen LogP contribution < -0.4 is 5.32 Å². The Labute approximate surface area is 173 Å². The Hall–Kier alpha value is -3.24. The van der Waals surface area contributed by atoms with Crippen molar-refractivity contribution in [1.82, 2.24) is 20.5 Å². The zero-order chi connectivity index (χ0) is 21.7. The normalized spacial score (nSPS) is 11.8. The van der Waals surface area contributed by atoms with Crippen molar-refractivity contribution in [3.05, 3.63) is 70.3 Å². The molecule has 3 aromatic rings. The molecule has 0 radical (unpaired) electrons. The first-order chi connectivity index (χ1) is 14.3. The molecule has 0 unspecified atom stereocenters. The number of hydrogen-bond donors (Lipinski definition) is 2. The Kier molecular flexibility index (Phi) is 6.48. The largest absolute Gasteiger partial charge is 0.418 e. The first kappa shape index (κ1) is 21.5. The summed E-state index contributed by atoms with van der Waals surface area (Å²) >= 11 is 6.15. The molecule has 2 N–H and O–H groups in total. The monoisotopic (exact) mass is 438 g/mol. The fourth-order valence-corrected chi connectivity index (χ4v) is 2.57. The number of aromatic nitrogens is 3. The number of carbonyl (C=O) groups excluding carboxylic acids is 1. The number of amides is 1. The van der Waals surface area contributed by atoms with Crippen LogP contribution in [0.3, 0.4) is 0 Å². The summed E-state index contributed by atoms with van der Waals surface area (Å²) in [6.45, 7) is -0.331. The number of rotatable bonds is 6. The summed E-state index contributed by atoms with van der Waals surface area (Å²) in [5.41, 5.74) is 0.518. The number of halogens is 4. The molecule has 1 amide bonds. The average Bonchev–Trinajstić information content (AvgIpc) is 3.20. The SMILES string of the molecule is O=C(C=Cc1ncc(-c2nnc(CO)o2)cc1Cl)NCc1ccc(C(F)(F)F)cc1. The van der Waals surface area contributed by atoms with Crippen LogP contribution in [-0.2, 0) is 24.1 Å². The van der Waals surface area contributed by atoms with E-state index < -0.39 is 24.3 Å². The van der Waals surface area contributed by atoms with E-state index >= 15 is 0 Å². The number of nitrogens with one attached hydrogen (secondary N) is 1. The molecule has 0 fully saturated rings. The summed E-state index contributed by atoms with van der Waals surface area (Å²) in [6.07, 6.45) is -0.396. The Bertz CT molecular complexity index is 1070. The molecule has 2 heterocycles. The molecule has 156 valence electrons. The molecule has 0 aliphatic heterocycles. The van der Waals surface area contributed by atoms with Crippen molar-refractivity contribution in [3.8, 4) is 11.5 Å². The standard InChI is InChI=1S/C19H14ClF3N4O3/c20-14-7-12(18-27-26-17(10-28)30-18)9-24-15(14)5-6-16(29)25-8-11-1-3-13(4-2-11)19(21,22)23/h1-7,9,28H,8,10H2,(H,25,29). The highest BCUT2D eigenvalue weighted by Gasteiger charge is 2.29. The number of carbonyl (C=O) groups is 1. The quantitative estimate of drug-likeness (QED) is 0.570. The lowest BCUT2D eigenvalue weighted by Crippen LogP contribution is -2.20. The maximum absolute atomic E-state index is 12.5. The lowest BCUT2D eigenvalue weighted by Gasteiger charge is -2.08. The minimum absolute atomic E-state index is 0.0508. The second-order valence-electron chi connectivity index (χ2n) is 6.00. The van der Waals surface area contributed by atoms with Crippen molar-refractivity contribution < 1.29 is 27.5 Å². The van der Waals surface area contributed by atoms with E-state index in [1.54, 1.807) is 0 Å². The molecule has 0 spiro atoms. The number of nitrogens with zero attached hydrogens (tertiary/aromatic N) is 3. The van der Waals surface area contributed by atoms with Gasteiger partial charge < -0.3 is 14.8 Å². The molecular weight excluding hydrogens is 425 g/mol. The van der Waals surface area contributed by atoms with Crippen molar-refractivity contribution in [2.45, 2.75) is 19.3 Å². The molecule has 0 aliphatic carbocycles. The van der Waals surface area contributed by atoms with Crippen LogP contribution in [0.2, 0.25) is 5.02 Å². The third kappa shape index (κ3) is 5.43. The fourth-order valence-electron chi connectivity index (χ4n) is 2.34. The van der Waals surface area contributed by atoms with E-state index in [1.807, 2.05) is 0 Å². The molecular formula is C19H14ClF3N4O3. The van der Waals surface area contributed by atoms with Crippen molar-refractivity contribution in [2.75, 3.05) is 0 Å². The van der Waals surface area contributed by atoms with Crippen LogP contribution in [0.15, 0.2) is 47.0 Å². The molecule has 0 atom stereocenters. The van der Waals surface area contributed by atoms with Crippen LogP contribution in [0.1, 0.15) is 22.7 Å². The van der Waals surface area contributed by atoms with E-state index in [1.165, 1.54) is 36.5 Å². The Morgan fingerprint density at radius 2 is 1.97 bits per heavy atom. The highest BCUT2D eigenvalue weighted by Crippen LogP contribution is 2.29. The Morgan fingerprint density at radius 3 is 2.57 bits per heavy atom. The fraction of sp³-hybridized carbons (Fsp3) is 0.158. The number of alkyl halides is 3. The van der Waals surface area contributed by atoms with Gasteiger partial charge in [0, 0.05) is 18.8 Å². The third-order valence-electron chi connectivity index (χ3n) is 3.86. The predicted molar refractivity (Wildman–Crippen MR) is 101 cm³/mol. The molecule has 7 nitrogen and oxygen atoms in total. The van der Waals surface area contributed by atoms with E-state index in [-0.39, 0.29) is 23.3 Å². The smallest absolute Gasteiger partial charge is 0.416 e. The molecule has 2 aromatic heterocycles. The summed E-state index contributed by atoms with van der Waals surface area (Å²) in [5, 5.41) is 19.1. The molecule has 11 heteroatoms. The lowest BCUT2D eigenvalue weighted by molar-refractivity contribution is -0.137. The third-order valence-corrected chi connectivity index (χ3v) is 4.16. The summed E-state index contributed by atoms with van der Waals surface area (Å²) < 4.78 is 42.8. The second-order valence-corrected chi connectivity index (χ2v) is 6.40. The highest BCUT2D eigenvalue weighted by atomic mass is 35.5. The van der Waals surface area contributed by atoms with Gasteiger partial charge in [-0.2, -0.15) is 13.2 Å². The van der Waals surface area contributed by atoms with Gasteiger partial charge in [-0.05, 0) is 29.8 Å². The van der Waals surface area contributed by atoms with Crippen molar-refractivity contribution in [1.29, 1.82) is 0 Å². The van der Waals surface area contributed by atoms with E-state index in [2.05, 4.69) is 20.5 Å². The molecule has 0 aliphatic rings. The number of pyridine rings is 1. The van der Waals surface area contributed by atoms with Gasteiger partial charge in [-0.1, -0.05) is 23.7 Å². The van der Waals surface area contributed by atoms with Gasteiger partial charge >= 0.3 is 6.18 Å². The summed E-state index contributed by atoms with van der Waals surface area (Å²) in [4.78, 5) is 16.1. The van der Waals surface area contributed by atoms with Gasteiger partial charge in [0.15, 0.2) is 0 Å². The first-order valence-corrected chi connectivity index (χ1v) is 8.85. The number of benzene rings is 1. The maximum atomic E-state index is 12.5. The number of aliphatic hydroxyl groups excluding tert-OH is 1. The van der Waals surface area contributed by atoms with Gasteiger partial charge in [-0.25, -0.2) is 0 Å². The van der Waals surface area contributed by atoms with Crippen molar-refractivity contribution >= 4 is 23.6 Å². The Balaban J connectivity index is 1.59. The number of hydrogen-bond acceptors (Lipinski definition) is 6. The molecule has 0 saturated heterocycles. The molecule has 0 bridgehead atoms. The van der Waals surface area contributed by atoms with Crippen LogP contribution in [-0.4, -0.2) is 26.2 Å². The van der Waals surface area contributed by atoms with Crippen LogP contribution in [0, 0.1) is 0 Å². The molecule has 0 saturated carbocycles. The van der Waals surface area contributed by atoms with Crippen LogP contribution >= 0.6 is 11.6 Å². The van der Waals surface area contributed by atoms with Crippen LogP contribution in [0.25, 0.3) is 17.5 Å². The van der Waals surface area contributed by atoms with Gasteiger partial charge in [-0.15, -0.1) is 10.2 Å². The summed E-state index contributed by atoms with van der Waals surface area (Å²) in [7, 11) is 0. The van der Waals surface area contributed by atoms with Gasteiger partial charge in [0.25, 0.3) is 0 Å². The average molecular weight is 439 g/mol.